The van der Waals surface area contributed by atoms with Crippen molar-refractivity contribution in [3.05, 3.63) is 35.9 Å². The molecule has 0 heterocycles. The largest absolute Gasteiger partial charge is 0.466 e. The third-order valence-corrected chi connectivity index (χ3v) is 4.16. The molecule has 3 heteroatoms. The van der Waals surface area contributed by atoms with E-state index < -0.39 is 0 Å². The molecule has 0 radical (unpaired) electrons. The Hall–Kier alpha value is -1.64. The number of unbranched alkanes of at least 4 members (excludes halogenated alkanes) is 8. The first-order valence-corrected chi connectivity index (χ1v) is 9.48. The topological polar surface area (TPSA) is 43.4 Å². The van der Waals surface area contributed by atoms with Crippen LogP contribution in [0.2, 0.25) is 0 Å². The van der Waals surface area contributed by atoms with Crippen molar-refractivity contribution in [2.24, 2.45) is 0 Å². The highest BCUT2D eigenvalue weighted by Gasteiger charge is 2.09. The monoisotopic (exact) mass is 332 g/mol. The fourth-order valence-electron chi connectivity index (χ4n) is 2.65. The van der Waals surface area contributed by atoms with Gasteiger partial charge >= 0.3 is 5.97 Å². The highest BCUT2D eigenvalue weighted by atomic mass is 16.5. The molecule has 0 atom stereocenters. The second-order valence-electron chi connectivity index (χ2n) is 6.34. The fraction of sp³-hybridized carbons (Fsp3) is 0.619. The van der Waals surface area contributed by atoms with Crippen LogP contribution in [0.25, 0.3) is 0 Å². The van der Waals surface area contributed by atoms with Crippen LogP contribution in [0.3, 0.4) is 0 Å². The summed E-state index contributed by atoms with van der Waals surface area (Å²) in [6, 6.07) is 9.08. The number of benzene rings is 1. The summed E-state index contributed by atoms with van der Waals surface area (Å²) in [5.74, 6) is -0.269. The summed E-state index contributed by atoms with van der Waals surface area (Å²) in [6.45, 7) is 2.72. The van der Waals surface area contributed by atoms with Gasteiger partial charge < -0.3 is 4.74 Å². The molecule has 24 heavy (non-hydrogen) atoms. The Balaban J connectivity index is 1.94. The van der Waals surface area contributed by atoms with Gasteiger partial charge in [-0.25, -0.2) is 0 Å². The lowest BCUT2D eigenvalue weighted by atomic mass is 10.1. The quantitative estimate of drug-likeness (QED) is 0.248. The number of Topliss-reactive ketones (excluding diaryl/α,β-unsaturated/α-hetero) is 1. The van der Waals surface area contributed by atoms with Gasteiger partial charge in [0, 0.05) is 12.0 Å². The number of rotatable bonds is 14. The lowest BCUT2D eigenvalue weighted by Crippen LogP contribution is -2.09. The standard InChI is InChI=1S/C21H32O3/c1-2-3-4-5-6-7-8-9-13-18-24-21(23)17-16-20(22)19-14-11-10-12-15-19/h10-12,14-15H,2-9,13,16-18H2,1H3. The summed E-state index contributed by atoms with van der Waals surface area (Å²) < 4.78 is 5.20. The number of hydrogen-bond donors (Lipinski definition) is 0. The van der Waals surface area contributed by atoms with Gasteiger partial charge in [-0.2, -0.15) is 0 Å². The summed E-state index contributed by atoms with van der Waals surface area (Å²) in [4.78, 5) is 23.5. The number of ether oxygens (including phenoxy) is 1. The molecule has 0 aliphatic rings. The van der Waals surface area contributed by atoms with E-state index in [1.165, 1.54) is 44.9 Å². The van der Waals surface area contributed by atoms with Gasteiger partial charge in [0.05, 0.1) is 13.0 Å². The van der Waals surface area contributed by atoms with E-state index in [-0.39, 0.29) is 24.6 Å². The molecule has 0 N–H and O–H groups in total. The first kappa shape index (κ1) is 20.4. The van der Waals surface area contributed by atoms with Crippen molar-refractivity contribution in [3.8, 4) is 0 Å². The van der Waals surface area contributed by atoms with E-state index in [1.54, 1.807) is 12.1 Å². The molecule has 0 aromatic heterocycles. The van der Waals surface area contributed by atoms with Gasteiger partial charge in [-0.05, 0) is 6.42 Å². The second-order valence-corrected chi connectivity index (χ2v) is 6.34. The SMILES string of the molecule is CCCCCCCCCCCOC(=O)CCC(=O)c1ccccc1. The number of hydrogen-bond acceptors (Lipinski definition) is 3. The molecule has 0 unspecified atom stereocenters. The summed E-state index contributed by atoms with van der Waals surface area (Å²) in [5, 5.41) is 0. The van der Waals surface area contributed by atoms with E-state index in [2.05, 4.69) is 6.92 Å². The van der Waals surface area contributed by atoms with Gasteiger partial charge in [0.15, 0.2) is 5.78 Å². The average molecular weight is 332 g/mol. The minimum absolute atomic E-state index is 0.00405. The van der Waals surface area contributed by atoms with Crippen molar-refractivity contribution in [3.63, 3.8) is 0 Å². The molecule has 3 nitrogen and oxygen atoms in total. The predicted octanol–water partition coefficient (Wildman–Crippen LogP) is 5.72. The molecular weight excluding hydrogens is 300 g/mol. The molecule has 0 fully saturated rings. The molecule has 134 valence electrons. The van der Waals surface area contributed by atoms with Crippen LogP contribution in [0.4, 0.5) is 0 Å². The lowest BCUT2D eigenvalue weighted by molar-refractivity contribution is -0.143. The van der Waals surface area contributed by atoms with Crippen LogP contribution >= 0.6 is 0 Å². The smallest absolute Gasteiger partial charge is 0.306 e. The second kappa shape index (κ2) is 13.8. The molecule has 0 saturated heterocycles. The van der Waals surface area contributed by atoms with Gasteiger partial charge in [0.1, 0.15) is 0 Å². The van der Waals surface area contributed by atoms with Crippen LogP contribution in [-0.4, -0.2) is 18.4 Å². The Bertz CT molecular complexity index is 453. The summed E-state index contributed by atoms with van der Waals surface area (Å²) in [5.41, 5.74) is 0.657. The van der Waals surface area contributed by atoms with Crippen LogP contribution in [0.15, 0.2) is 30.3 Å². The van der Waals surface area contributed by atoms with Gasteiger partial charge in [-0.15, -0.1) is 0 Å². The summed E-state index contributed by atoms with van der Waals surface area (Å²) in [7, 11) is 0. The first-order valence-electron chi connectivity index (χ1n) is 9.48. The molecule has 0 aliphatic heterocycles. The van der Waals surface area contributed by atoms with Gasteiger partial charge in [0.25, 0.3) is 0 Å². The summed E-state index contributed by atoms with van der Waals surface area (Å²) >= 11 is 0. The number of carbonyl (C=O) groups excluding carboxylic acids is 2. The van der Waals surface area contributed by atoms with Gasteiger partial charge in [-0.1, -0.05) is 88.6 Å². The zero-order valence-corrected chi connectivity index (χ0v) is 15.1. The molecule has 0 saturated carbocycles. The minimum atomic E-state index is -0.265. The Kier molecular flexibility index (Phi) is 11.7. The van der Waals surface area contributed by atoms with Crippen molar-refractivity contribution in [1.29, 1.82) is 0 Å². The van der Waals surface area contributed by atoms with Crippen molar-refractivity contribution in [2.75, 3.05) is 6.61 Å². The van der Waals surface area contributed by atoms with Gasteiger partial charge in [-0.3, -0.25) is 9.59 Å². The molecule has 1 aromatic carbocycles. The summed E-state index contributed by atoms with van der Waals surface area (Å²) in [6.07, 6.45) is 11.6. The van der Waals surface area contributed by atoms with E-state index in [0.717, 1.165) is 12.8 Å². The van der Waals surface area contributed by atoms with Gasteiger partial charge in [0.2, 0.25) is 0 Å². The lowest BCUT2D eigenvalue weighted by Gasteiger charge is -2.05. The Morgan fingerprint density at radius 3 is 2.00 bits per heavy atom. The maximum atomic E-state index is 11.9. The number of carbonyl (C=O) groups is 2. The zero-order valence-electron chi connectivity index (χ0n) is 15.1. The fourth-order valence-corrected chi connectivity index (χ4v) is 2.65. The van der Waals surface area contributed by atoms with Crippen molar-refractivity contribution in [2.45, 2.75) is 77.6 Å². The molecule has 1 aromatic rings. The Morgan fingerprint density at radius 2 is 1.38 bits per heavy atom. The predicted molar refractivity (Wildman–Crippen MR) is 98.2 cm³/mol. The molecule has 0 bridgehead atoms. The van der Waals surface area contributed by atoms with E-state index in [9.17, 15) is 9.59 Å². The Labute approximate surface area is 146 Å². The van der Waals surface area contributed by atoms with E-state index in [1.807, 2.05) is 18.2 Å². The van der Waals surface area contributed by atoms with Crippen LogP contribution in [0, 0.1) is 0 Å². The van der Waals surface area contributed by atoms with Crippen LogP contribution in [0.1, 0.15) is 87.9 Å². The molecule has 0 spiro atoms. The first-order chi connectivity index (χ1) is 11.7. The van der Waals surface area contributed by atoms with Crippen molar-refractivity contribution in [1.82, 2.24) is 0 Å². The molecule has 0 amide bonds. The third kappa shape index (κ3) is 10.2. The maximum Gasteiger partial charge on any atom is 0.306 e. The Morgan fingerprint density at radius 1 is 0.792 bits per heavy atom. The molecule has 1 rings (SSSR count). The van der Waals surface area contributed by atoms with Crippen LogP contribution < -0.4 is 0 Å². The highest BCUT2D eigenvalue weighted by Crippen LogP contribution is 2.10. The average Bonchev–Trinajstić information content (AvgIpc) is 2.62. The highest BCUT2D eigenvalue weighted by molar-refractivity contribution is 5.97. The minimum Gasteiger partial charge on any atom is -0.466 e. The normalized spacial score (nSPS) is 10.5. The van der Waals surface area contributed by atoms with Crippen molar-refractivity contribution < 1.29 is 14.3 Å². The van der Waals surface area contributed by atoms with Crippen LogP contribution in [0.5, 0.6) is 0 Å². The van der Waals surface area contributed by atoms with E-state index in [4.69, 9.17) is 4.74 Å². The van der Waals surface area contributed by atoms with Crippen LogP contribution in [-0.2, 0) is 9.53 Å². The molecule has 0 aliphatic carbocycles. The maximum absolute atomic E-state index is 11.9. The van der Waals surface area contributed by atoms with E-state index in [0.29, 0.717) is 12.2 Å². The van der Waals surface area contributed by atoms with E-state index >= 15 is 0 Å². The zero-order chi connectivity index (χ0) is 17.5. The van der Waals surface area contributed by atoms with Crippen molar-refractivity contribution >= 4 is 11.8 Å². The number of esters is 1. The number of ketones is 1. The third-order valence-electron chi connectivity index (χ3n) is 4.16. The molecular formula is C21H32O3.